The second kappa shape index (κ2) is 5.82. The van der Waals surface area contributed by atoms with Gasteiger partial charge in [-0.2, -0.15) is 0 Å². The maximum Gasteiger partial charge on any atom is 0.173 e. The van der Waals surface area contributed by atoms with Gasteiger partial charge in [-0.1, -0.05) is 12.1 Å². The number of thioether (sulfide) groups is 1. The lowest BCUT2D eigenvalue weighted by Crippen LogP contribution is -1.97. The molecule has 4 heteroatoms. The summed E-state index contributed by atoms with van der Waals surface area (Å²) in [6.45, 7) is 0. The molecule has 2 aromatic heterocycles. The molecule has 0 aliphatic carbocycles. The molecule has 0 aromatic carbocycles. The van der Waals surface area contributed by atoms with Crippen LogP contribution in [0.4, 0.5) is 0 Å². The van der Waals surface area contributed by atoms with Gasteiger partial charge in [-0.3, -0.25) is 4.79 Å². The van der Waals surface area contributed by atoms with E-state index in [1.807, 2.05) is 35.7 Å². The van der Waals surface area contributed by atoms with Crippen molar-refractivity contribution in [2.24, 2.45) is 0 Å². The summed E-state index contributed by atoms with van der Waals surface area (Å²) in [7, 11) is 0. The third-order valence-corrected chi connectivity index (χ3v) is 3.87. The van der Waals surface area contributed by atoms with Crippen molar-refractivity contribution in [2.75, 3.05) is 5.75 Å². The van der Waals surface area contributed by atoms with Crippen LogP contribution < -0.4 is 0 Å². The summed E-state index contributed by atoms with van der Waals surface area (Å²) < 4.78 is 0. The molecule has 2 nitrogen and oxygen atoms in total. The second-order valence-electron chi connectivity index (χ2n) is 3.17. The molecule has 0 radical (unpaired) electrons. The van der Waals surface area contributed by atoms with Crippen LogP contribution in [0.2, 0.25) is 0 Å². The largest absolute Gasteiger partial charge is 0.293 e. The fraction of sp³-hybridized carbons (Fsp3) is 0.167. The third kappa shape index (κ3) is 3.18. The molecule has 0 bridgehead atoms. The Bertz CT molecular complexity index is 439. The van der Waals surface area contributed by atoms with Gasteiger partial charge in [0.25, 0.3) is 0 Å². The molecule has 0 saturated heterocycles. The lowest BCUT2D eigenvalue weighted by molar-refractivity contribution is 0.0993. The van der Waals surface area contributed by atoms with Crippen LogP contribution >= 0.6 is 23.1 Å². The zero-order chi connectivity index (χ0) is 11.2. The molecule has 0 fully saturated rings. The molecule has 82 valence electrons. The number of ketones is 1. The molecule has 0 saturated carbocycles. The topological polar surface area (TPSA) is 30.0 Å². The lowest BCUT2D eigenvalue weighted by Gasteiger charge is -1.98. The van der Waals surface area contributed by atoms with Gasteiger partial charge in [0.1, 0.15) is 0 Å². The van der Waals surface area contributed by atoms with Crippen molar-refractivity contribution < 1.29 is 4.79 Å². The average Bonchev–Trinajstić information content (AvgIpc) is 2.84. The fourth-order valence-electron chi connectivity index (χ4n) is 1.24. The van der Waals surface area contributed by atoms with Gasteiger partial charge >= 0.3 is 0 Å². The summed E-state index contributed by atoms with van der Waals surface area (Å²) in [6, 6.07) is 9.58. The summed E-state index contributed by atoms with van der Waals surface area (Å²) in [6.07, 6.45) is 2.34. The second-order valence-corrected chi connectivity index (χ2v) is 5.23. The Labute approximate surface area is 103 Å². The number of aromatic nitrogens is 1. The summed E-state index contributed by atoms with van der Waals surface area (Å²) in [5.41, 5.74) is 0. The van der Waals surface area contributed by atoms with Crippen molar-refractivity contribution >= 4 is 28.9 Å². The standard InChI is InChI=1S/C12H11NOS2/c14-10(11-4-3-8-15-11)6-9-16-12-5-1-2-7-13-12/h1-5,7-8H,6,9H2. The van der Waals surface area contributed by atoms with E-state index in [1.54, 1.807) is 18.0 Å². The van der Waals surface area contributed by atoms with Gasteiger partial charge in [0.2, 0.25) is 0 Å². The van der Waals surface area contributed by atoms with Crippen LogP contribution in [0.25, 0.3) is 0 Å². The molecule has 16 heavy (non-hydrogen) atoms. The number of hydrogen-bond acceptors (Lipinski definition) is 4. The molecule has 0 aliphatic rings. The highest BCUT2D eigenvalue weighted by atomic mass is 32.2. The van der Waals surface area contributed by atoms with Gasteiger partial charge in [0.15, 0.2) is 5.78 Å². The van der Waals surface area contributed by atoms with Crippen LogP contribution in [-0.2, 0) is 0 Å². The van der Waals surface area contributed by atoms with E-state index in [2.05, 4.69) is 4.98 Å². The number of pyridine rings is 1. The van der Waals surface area contributed by atoms with Gasteiger partial charge in [0, 0.05) is 18.4 Å². The molecule has 0 spiro atoms. The van der Waals surface area contributed by atoms with Crippen LogP contribution in [-0.4, -0.2) is 16.5 Å². The van der Waals surface area contributed by atoms with Crippen LogP contribution in [0, 0.1) is 0 Å². The average molecular weight is 249 g/mol. The number of rotatable bonds is 5. The van der Waals surface area contributed by atoms with E-state index in [9.17, 15) is 4.79 Å². The summed E-state index contributed by atoms with van der Waals surface area (Å²) in [5.74, 6) is 1.01. The van der Waals surface area contributed by atoms with Crippen LogP contribution in [0.15, 0.2) is 46.9 Å². The number of carbonyl (C=O) groups excluding carboxylic acids is 1. The van der Waals surface area contributed by atoms with Crippen molar-refractivity contribution in [3.63, 3.8) is 0 Å². The smallest absolute Gasteiger partial charge is 0.173 e. The maximum absolute atomic E-state index is 11.7. The highest BCUT2D eigenvalue weighted by Gasteiger charge is 2.06. The van der Waals surface area contributed by atoms with E-state index in [-0.39, 0.29) is 5.78 Å². The molecule has 2 heterocycles. The monoisotopic (exact) mass is 249 g/mol. The maximum atomic E-state index is 11.7. The molecule has 0 atom stereocenters. The minimum atomic E-state index is 0.221. The molecular formula is C12H11NOS2. The van der Waals surface area contributed by atoms with Gasteiger partial charge in [0.05, 0.1) is 9.90 Å². The van der Waals surface area contributed by atoms with Crippen molar-refractivity contribution in [1.29, 1.82) is 0 Å². The highest BCUT2D eigenvalue weighted by molar-refractivity contribution is 7.99. The van der Waals surface area contributed by atoms with Gasteiger partial charge in [-0.15, -0.1) is 23.1 Å². The minimum Gasteiger partial charge on any atom is -0.293 e. The molecule has 2 aromatic rings. The Morgan fingerprint density at radius 2 is 2.25 bits per heavy atom. The quantitative estimate of drug-likeness (QED) is 0.600. The molecule has 0 amide bonds. The first-order valence-corrected chi connectivity index (χ1v) is 6.83. The zero-order valence-corrected chi connectivity index (χ0v) is 10.3. The van der Waals surface area contributed by atoms with Gasteiger partial charge in [-0.05, 0) is 23.6 Å². The summed E-state index contributed by atoms with van der Waals surface area (Å²) >= 11 is 3.12. The minimum absolute atomic E-state index is 0.221. The Morgan fingerprint density at radius 1 is 1.31 bits per heavy atom. The number of carbonyl (C=O) groups is 1. The normalized spacial score (nSPS) is 10.2. The summed E-state index contributed by atoms with van der Waals surface area (Å²) in [5, 5.41) is 2.90. The Balaban J connectivity index is 1.79. The first-order chi connectivity index (χ1) is 7.86. The number of nitrogens with zero attached hydrogens (tertiary/aromatic N) is 1. The number of Topliss-reactive ketones (excluding diaryl/α,β-unsaturated/α-hetero) is 1. The fourth-order valence-corrected chi connectivity index (χ4v) is 2.74. The first-order valence-electron chi connectivity index (χ1n) is 4.97. The molecule has 0 unspecified atom stereocenters. The number of hydrogen-bond donors (Lipinski definition) is 0. The highest BCUT2D eigenvalue weighted by Crippen LogP contribution is 2.18. The van der Waals surface area contributed by atoms with Gasteiger partial charge < -0.3 is 0 Å². The SMILES string of the molecule is O=C(CCSc1ccccn1)c1cccs1. The van der Waals surface area contributed by atoms with Crippen molar-refractivity contribution in [1.82, 2.24) is 4.98 Å². The van der Waals surface area contributed by atoms with E-state index in [0.717, 1.165) is 15.7 Å². The zero-order valence-electron chi connectivity index (χ0n) is 8.63. The van der Waals surface area contributed by atoms with E-state index in [0.29, 0.717) is 6.42 Å². The summed E-state index contributed by atoms with van der Waals surface area (Å²) in [4.78, 5) is 16.7. The third-order valence-electron chi connectivity index (χ3n) is 2.01. The predicted octanol–water partition coefficient (Wildman–Crippen LogP) is 3.51. The van der Waals surface area contributed by atoms with Crippen molar-refractivity contribution in [2.45, 2.75) is 11.4 Å². The van der Waals surface area contributed by atoms with Crippen LogP contribution in [0.5, 0.6) is 0 Å². The molecule has 2 rings (SSSR count). The van der Waals surface area contributed by atoms with Crippen LogP contribution in [0.3, 0.4) is 0 Å². The van der Waals surface area contributed by atoms with E-state index < -0.39 is 0 Å². The first kappa shape index (κ1) is 11.4. The van der Waals surface area contributed by atoms with E-state index >= 15 is 0 Å². The predicted molar refractivity (Wildman–Crippen MR) is 68.2 cm³/mol. The van der Waals surface area contributed by atoms with Crippen LogP contribution in [0.1, 0.15) is 16.1 Å². The van der Waals surface area contributed by atoms with E-state index in [1.165, 1.54) is 11.3 Å². The Morgan fingerprint density at radius 3 is 2.94 bits per heavy atom. The lowest BCUT2D eigenvalue weighted by atomic mass is 10.3. The van der Waals surface area contributed by atoms with Gasteiger partial charge in [-0.25, -0.2) is 4.98 Å². The van der Waals surface area contributed by atoms with Crippen molar-refractivity contribution in [3.8, 4) is 0 Å². The number of thiophene rings is 1. The Kier molecular flexibility index (Phi) is 4.13. The molecular weight excluding hydrogens is 238 g/mol. The van der Waals surface area contributed by atoms with Crippen molar-refractivity contribution in [3.05, 3.63) is 46.8 Å². The van der Waals surface area contributed by atoms with E-state index in [4.69, 9.17) is 0 Å². The molecule has 0 aliphatic heterocycles. The molecule has 0 N–H and O–H groups in total. The Hall–Kier alpha value is -1.13.